The van der Waals surface area contributed by atoms with Crippen LogP contribution < -0.4 is 5.56 Å². The maximum Gasteiger partial charge on any atom is 0.250 e. The van der Waals surface area contributed by atoms with Gasteiger partial charge < -0.3 is 4.57 Å². The van der Waals surface area contributed by atoms with Gasteiger partial charge in [-0.1, -0.05) is 20.8 Å². The molecule has 0 fully saturated rings. The van der Waals surface area contributed by atoms with Crippen LogP contribution in [0.4, 0.5) is 0 Å². The first kappa shape index (κ1) is 16.2. The maximum absolute atomic E-state index is 11.7. The summed E-state index contributed by atoms with van der Waals surface area (Å²) in [4.78, 5) is 11.7. The molecule has 0 spiro atoms. The van der Waals surface area contributed by atoms with Crippen molar-refractivity contribution < 1.29 is 0 Å². The lowest BCUT2D eigenvalue weighted by atomic mass is 10.0. The Balaban J connectivity index is 0.000000956. The molecule has 2 rings (SSSR count). The third-order valence-electron chi connectivity index (χ3n) is 3.13. The molecular weight excluding hydrogens is 250 g/mol. The van der Waals surface area contributed by atoms with Crippen LogP contribution in [0, 0.1) is 0 Å². The molecule has 0 aliphatic carbocycles. The van der Waals surface area contributed by atoms with Gasteiger partial charge in [-0.05, 0) is 31.9 Å². The summed E-state index contributed by atoms with van der Waals surface area (Å²) in [5, 5.41) is 4.35. The summed E-state index contributed by atoms with van der Waals surface area (Å²) in [6, 6.07) is 4.02. The van der Waals surface area contributed by atoms with Crippen molar-refractivity contribution in [3.05, 3.63) is 40.4 Å². The predicted octanol–water partition coefficient (Wildman–Crippen LogP) is 3.42. The van der Waals surface area contributed by atoms with Crippen LogP contribution in [0.5, 0.6) is 0 Å². The van der Waals surface area contributed by atoms with Gasteiger partial charge in [-0.15, -0.1) is 0 Å². The largest absolute Gasteiger partial charge is 0.318 e. The second kappa shape index (κ2) is 7.08. The molecule has 0 N–H and O–H groups in total. The average molecular weight is 275 g/mol. The highest BCUT2D eigenvalue weighted by Crippen LogP contribution is 2.24. The summed E-state index contributed by atoms with van der Waals surface area (Å²) in [6.45, 7) is 10.3. The van der Waals surface area contributed by atoms with E-state index in [1.54, 1.807) is 23.9 Å². The molecule has 0 aliphatic heterocycles. The van der Waals surface area contributed by atoms with Crippen molar-refractivity contribution in [1.82, 2.24) is 14.3 Å². The molecule has 4 heteroatoms. The minimum Gasteiger partial charge on any atom is -0.318 e. The van der Waals surface area contributed by atoms with Gasteiger partial charge >= 0.3 is 0 Å². The van der Waals surface area contributed by atoms with Crippen molar-refractivity contribution in [2.24, 2.45) is 7.05 Å². The van der Waals surface area contributed by atoms with Crippen molar-refractivity contribution >= 4 is 0 Å². The number of aromatic nitrogens is 3. The van der Waals surface area contributed by atoms with Crippen LogP contribution in [0.15, 0.2) is 29.3 Å². The molecule has 2 heterocycles. The number of aryl methyl sites for hydroxylation is 2. The molecule has 0 aliphatic rings. The first-order valence-corrected chi connectivity index (χ1v) is 7.28. The highest BCUT2D eigenvalue weighted by Gasteiger charge is 2.12. The SMILES string of the molecule is CC.CCc1cc(=O)n(C)cc1-c1ccnn1C(C)C. The molecule has 110 valence electrons. The van der Waals surface area contributed by atoms with Crippen LogP contribution in [0.1, 0.15) is 46.2 Å². The van der Waals surface area contributed by atoms with Crippen LogP contribution in [-0.4, -0.2) is 14.3 Å². The Hall–Kier alpha value is -1.84. The van der Waals surface area contributed by atoms with Crippen molar-refractivity contribution in [3.63, 3.8) is 0 Å². The van der Waals surface area contributed by atoms with Crippen molar-refractivity contribution in [2.75, 3.05) is 0 Å². The smallest absolute Gasteiger partial charge is 0.250 e. The first-order valence-electron chi connectivity index (χ1n) is 7.28. The minimum atomic E-state index is 0.0335. The second-order valence-electron chi connectivity index (χ2n) is 4.77. The lowest BCUT2D eigenvalue weighted by molar-refractivity contribution is 0.538. The monoisotopic (exact) mass is 275 g/mol. The van der Waals surface area contributed by atoms with Gasteiger partial charge in [-0.25, -0.2) is 0 Å². The van der Waals surface area contributed by atoms with Crippen molar-refractivity contribution in [1.29, 1.82) is 0 Å². The molecule has 0 aromatic carbocycles. The Morgan fingerprint density at radius 2 is 1.95 bits per heavy atom. The summed E-state index contributed by atoms with van der Waals surface area (Å²) in [5.41, 5.74) is 3.26. The normalized spacial score (nSPS) is 10.3. The number of rotatable bonds is 3. The molecule has 0 atom stereocenters. The highest BCUT2D eigenvalue weighted by molar-refractivity contribution is 5.62. The molecule has 0 radical (unpaired) electrons. The zero-order valence-corrected chi connectivity index (χ0v) is 13.3. The van der Waals surface area contributed by atoms with Gasteiger partial charge in [-0.3, -0.25) is 9.48 Å². The number of hydrogen-bond acceptors (Lipinski definition) is 2. The molecule has 0 bridgehead atoms. The van der Waals surface area contributed by atoms with Crippen LogP contribution in [0.2, 0.25) is 0 Å². The molecule has 20 heavy (non-hydrogen) atoms. The molecule has 4 nitrogen and oxygen atoms in total. The lowest BCUT2D eigenvalue weighted by Crippen LogP contribution is -2.17. The summed E-state index contributed by atoms with van der Waals surface area (Å²) < 4.78 is 3.60. The Kier molecular flexibility index (Phi) is 5.74. The third-order valence-corrected chi connectivity index (χ3v) is 3.13. The standard InChI is InChI=1S/C14H19N3O.C2H6/c1-5-11-8-14(18)16(4)9-12(11)13-6-7-15-17(13)10(2)3;1-2/h6-10H,5H2,1-4H3;1-2H3. The minimum absolute atomic E-state index is 0.0335. The molecule has 0 saturated heterocycles. The first-order chi connectivity index (χ1) is 9.54. The fourth-order valence-electron chi connectivity index (χ4n) is 2.13. The lowest BCUT2D eigenvalue weighted by Gasteiger charge is -2.14. The van der Waals surface area contributed by atoms with E-state index in [1.807, 2.05) is 30.8 Å². The zero-order chi connectivity index (χ0) is 15.3. The van der Waals surface area contributed by atoms with Gasteiger partial charge in [0, 0.05) is 37.1 Å². The van der Waals surface area contributed by atoms with E-state index in [4.69, 9.17) is 0 Å². The predicted molar refractivity (Wildman–Crippen MR) is 84.0 cm³/mol. The van der Waals surface area contributed by atoms with Gasteiger partial charge in [0.15, 0.2) is 0 Å². The maximum atomic E-state index is 11.7. The van der Waals surface area contributed by atoms with Crippen molar-refractivity contribution in [2.45, 2.75) is 47.1 Å². The van der Waals surface area contributed by atoms with Gasteiger partial charge in [-0.2, -0.15) is 5.10 Å². The Labute approximate surface area is 121 Å². The third kappa shape index (κ3) is 3.18. The average Bonchev–Trinajstić information content (AvgIpc) is 2.93. The van der Waals surface area contributed by atoms with Crippen molar-refractivity contribution in [3.8, 4) is 11.3 Å². The highest BCUT2D eigenvalue weighted by atomic mass is 16.1. The van der Waals surface area contributed by atoms with E-state index >= 15 is 0 Å². The summed E-state index contributed by atoms with van der Waals surface area (Å²) in [7, 11) is 1.78. The molecular formula is C16H25N3O. The van der Waals surface area contributed by atoms with E-state index in [-0.39, 0.29) is 5.56 Å². The van der Waals surface area contributed by atoms with Gasteiger partial charge in [0.05, 0.1) is 5.69 Å². The van der Waals surface area contributed by atoms with Gasteiger partial charge in [0.1, 0.15) is 0 Å². The van der Waals surface area contributed by atoms with E-state index in [9.17, 15) is 4.79 Å². The number of pyridine rings is 1. The number of hydrogen-bond donors (Lipinski definition) is 0. The molecule has 0 saturated carbocycles. The zero-order valence-electron chi connectivity index (χ0n) is 13.3. The van der Waals surface area contributed by atoms with E-state index in [1.165, 1.54) is 0 Å². The molecule has 0 unspecified atom stereocenters. The van der Waals surface area contributed by atoms with E-state index in [0.717, 1.165) is 23.2 Å². The molecule has 2 aromatic heterocycles. The topological polar surface area (TPSA) is 39.8 Å². The number of nitrogens with zero attached hydrogens (tertiary/aromatic N) is 3. The second-order valence-corrected chi connectivity index (χ2v) is 4.77. The van der Waals surface area contributed by atoms with Crippen LogP contribution in [0.25, 0.3) is 11.3 Å². The Morgan fingerprint density at radius 3 is 2.50 bits per heavy atom. The fourth-order valence-corrected chi connectivity index (χ4v) is 2.13. The van der Waals surface area contributed by atoms with Crippen LogP contribution >= 0.6 is 0 Å². The summed E-state index contributed by atoms with van der Waals surface area (Å²) in [6.07, 6.45) is 4.55. The summed E-state index contributed by atoms with van der Waals surface area (Å²) in [5.74, 6) is 0. The van der Waals surface area contributed by atoms with Gasteiger partial charge in [0.2, 0.25) is 0 Å². The molecule has 0 amide bonds. The van der Waals surface area contributed by atoms with Crippen LogP contribution in [0.3, 0.4) is 0 Å². The fraction of sp³-hybridized carbons (Fsp3) is 0.500. The van der Waals surface area contributed by atoms with E-state index in [0.29, 0.717) is 6.04 Å². The van der Waals surface area contributed by atoms with E-state index in [2.05, 4.69) is 25.9 Å². The molecule has 2 aromatic rings. The van der Waals surface area contributed by atoms with E-state index < -0.39 is 0 Å². The van der Waals surface area contributed by atoms with Crippen LogP contribution in [-0.2, 0) is 13.5 Å². The quantitative estimate of drug-likeness (QED) is 0.861. The summed E-state index contributed by atoms with van der Waals surface area (Å²) >= 11 is 0. The van der Waals surface area contributed by atoms with Gasteiger partial charge in [0.25, 0.3) is 5.56 Å². The Bertz CT molecular complexity index is 608. The Morgan fingerprint density at radius 1 is 1.30 bits per heavy atom.